The number of carbonyl (C=O) groups is 6. The van der Waals surface area contributed by atoms with Crippen LogP contribution in [0.4, 0.5) is 17.1 Å². The van der Waals surface area contributed by atoms with Gasteiger partial charge in [-0.05, 0) is 54.6 Å². The van der Waals surface area contributed by atoms with Gasteiger partial charge in [0.1, 0.15) is 0 Å². The quantitative estimate of drug-likeness (QED) is 0.178. The van der Waals surface area contributed by atoms with Crippen LogP contribution in [-0.4, -0.2) is 57.0 Å². The lowest BCUT2D eigenvalue weighted by Gasteiger charge is -2.14. The number of amides is 3. The maximum atomic E-state index is 13.5. The number of anilines is 3. The Balaban J connectivity index is 1.74. The molecule has 228 valence electrons. The number of benzene rings is 4. The SMILES string of the molecule is COC(=O)c1ccccc1NC(=O)c1cc(C(=O)Nc2ccccc2C(=O)OC)cc(C(=O)Nc2ccccc2C(=O)OC)c1. The Morgan fingerprint density at radius 1 is 0.422 bits per heavy atom. The van der Waals surface area contributed by atoms with Crippen LogP contribution in [-0.2, 0) is 14.2 Å². The van der Waals surface area contributed by atoms with Gasteiger partial charge in [0.25, 0.3) is 17.7 Å². The molecule has 0 aliphatic carbocycles. The summed E-state index contributed by atoms with van der Waals surface area (Å²) in [6.07, 6.45) is 0. The number of carbonyl (C=O) groups excluding carboxylic acids is 6. The first kappa shape index (κ1) is 31.6. The van der Waals surface area contributed by atoms with Gasteiger partial charge in [-0.15, -0.1) is 0 Å². The van der Waals surface area contributed by atoms with Gasteiger partial charge < -0.3 is 30.2 Å². The van der Waals surface area contributed by atoms with Crippen LogP contribution in [0.3, 0.4) is 0 Å². The van der Waals surface area contributed by atoms with E-state index in [4.69, 9.17) is 14.2 Å². The van der Waals surface area contributed by atoms with Crippen molar-refractivity contribution in [1.29, 1.82) is 0 Å². The van der Waals surface area contributed by atoms with Crippen LogP contribution >= 0.6 is 0 Å². The molecule has 0 aliphatic rings. The predicted molar refractivity (Wildman–Crippen MR) is 164 cm³/mol. The molecule has 0 spiro atoms. The van der Waals surface area contributed by atoms with Crippen molar-refractivity contribution in [3.63, 3.8) is 0 Å². The van der Waals surface area contributed by atoms with Crippen LogP contribution in [0.25, 0.3) is 0 Å². The topological polar surface area (TPSA) is 166 Å². The van der Waals surface area contributed by atoms with Crippen molar-refractivity contribution in [3.05, 3.63) is 124 Å². The van der Waals surface area contributed by atoms with Crippen molar-refractivity contribution < 1.29 is 43.0 Å². The molecule has 0 unspecified atom stereocenters. The summed E-state index contributed by atoms with van der Waals surface area (Å²) >= 11 is 0. The second-order valence-electron chi connectivity index (χ2n) is 9.27. The van der Waals surface area contributed by atoms with Gasteiger partial charge in [0, 0.05) is 16.7 Å². The first-order chi connectivity index (χ1) is 21.7. The molecule has 0 aliphatic heterocycles. The summed E-state index contributed by atoms with van der Waals surface area (Å²) in [6, 6.07) is 22.1. The number of rotatable bonds is 9. The highest BCUT2D eigenvalue weighted by Gasteiger charge is 2.21. The highest BCUT2D eigenvalue weighted by Crippen LogP contribution is 2.23. The van der Waals surface area contributed by atoms with E-state index in [1.54, 1.807) is 36.4 Å². The molecule has 0 heterocycles. The van der Waals surface area contributed by atoms with Gasteiger partial charge in [0.2, 0.25) is 0 Å². The Morgan fingerprint density at radius 3 is 0.911 bits per heavy atom. The maximum absolute atomic E-state index is 13.5. The molecule has 0 atom stereocenters. The molecule has 12 heteroatoms. The van der Waals surface area contributed by atoms with Gasteiger partial charge in [-0.25, -0.2) is 14.4 Å². The zero-order valence-corrected chi connectivity index (χ0v) is 24.3. The van der Waals surface area contributed by atoms with Crippen LogP contribution in [0.5, 0.6) is 0 Å². The van der Waals surface area contributed by atoms with Gasteiger partial charge >= 0.3 is 17.9 Å². The van der Waals surface area contributed by atoms with Gasteiger partial charge in [0.05, 0.1) is 55.1 Å². The Labute approximate surface area is 257 Å². The normalized spacial score (nSPS) is 10.2. The van der Waals surface area contributed by atoms with E-state index in [2.05, 4.69) is 16.0 Å². The van der Waals surface area contributed by atoms with E-state index in [1.807, 2.05) is 0 Å². The lowest BCUT2D eigenvalue weighted by molar-refractivity contribution is 0.0592. The Kier molecular flexibility index (Phi) is 10.0. The Bertz CT molecular complexity index is 1600. The Hall–Kier alpha value is -6.30. The molecule has 3 amide bonds. The minimum Gasteiger partial charge on any atom is -0.465 e. The lowest BCUT2D eigenvalue weighted by Crippen LogP contribution is -2.21. The molecule has 0 aromatic heterocycles. The molecule has 4 rings (SSSR count). The molecule has 0 bridgehead atoms. The number of esters is 3. The number of hydrogen-bond donors (Lipinski definition) is 3. The van der Waals surface area contributed by atoms with E-state index in [0.29, 0.717) is 0 Å². The van der Waals surface area contributed by atoms with E-state index in [9.17, 15) is 28.8 Å². The molecular weight excluding hydrogens is 582 g/mol. The fraction of sp³-hybridized carbons (Fsp3) is 0.0909. The first-order valence-electron chi connectivity index (χ1n) is 13.3. The first-order valence-corrected chi connectivity index (χ1v) is 13.3. The van der Waals surface area contributed by atoms with Crippen LogP contribution in [0.2, 0.25) is 0 Å². The third-order valence-electron chi connectivity index (χ3n) is 6.46. The van der Waals surface area contributed by atoms with Crippen LogP contribution < -0.4 is 16.0 Å². The Morgan fingerprint density at radius 2 is 0.667 bits per heavy atom. The number of methoxy groups -OCH3 is 3. The fourth-order valence-corrected chi connectivity index (χ4v) is 4.24. The number of ether oxygens (including phenoxy) is 3. The highest BCUT2D eigenvalue weighted by molar-refractivity contribution is 6.15. The average Bonchev–Trinajstić information content (AvgIpc) is 3.07. The molecule has 0 saturated carbocycles. The summed E-state index contributed by atoms with van der Waals surface area (Å²) in [5.74, 6) is -4.31. The highest BCUT2D eigenvalue weighted by atomic mass is 16.5. The van der Waals surface area contributed by atoms with Crippen molar-refractivity contribution in [3.8, 4) is 0 Å². The summed E-state index contributed by atoms with van der Waals surface area (Å²) in [4.78, 5) is 77.1. The minimum atomic E-state index is -0.750. The third-order valence-corrected chi connectivity index (χ3v) is 6.46. The van der Waals surface area contributed by atoms with Crippen molar-refractivity contribution in [2.75, 3.05) is 37.3 Å². The van der Waals surface area contributed by atoms with Crippen LogP contribution in [0.1, 0.15) is 62.1 Å². The van der Waals surface area contributed by atoms with Crippen LogP contribution in [0, 0.1) is 0 Å². The van der Waals surface area contributed by atoms with Gasteiger partial charge in [-0.1, -0.05) is 36.4 Å². The second-order valence-corrected chi connectivity index (χ2v) is 9.27. The molecular formula is C33H27N3O9. The number of para-hydroxylation sites is 3. The van der Waals surface area contributed by atoms with E-state index in [0.717, 1.165) is 0 Å². The lowest BCUT2D eigenvalue weighted by atomic mass is 10.0. The van der Waals surface area contributed by atoms with Crippen molar-refractivity contribution in [1.82, 2.24) is 0 Å². The fourth-order valence-electron chi connectivity index (χ4n) is 4.24. The largest absolute Gasteiger partial charge is 0.465 e. The van der Waals surface area contributed by atoms with E-state index < -0.39 is 35.6 Å². The average molecular weight is 610 g/mol. The molecule has 0 radical (unpaired) electrons. The van der Waals surface area contributed by atoms with E-state index in [1.165, 1.54) is 75.9 Å². The zero-order valence-electron chi connectivity index (χ0n) is 24.3. The molecule has 0 fully saturated rings. The molecule has 12 nitrogen and oxygen atoms in total. The number of hydrogen-bond acceptors (Lipinski definition) is 9. The zero-order chi connectivity index (χ0) is 32.5. The minimum absolute atomic E-state index is 0.0825. The van der Waals surface area contributed by atoms with Crippen LogP contribution in [0.15, 0.2) is 91.0 Å². The number of nitrogens with one attached hydrogen (secondary N) is 3. The molecule has 3 N–H and O–H groups in total. The van der Waals surface area contributed by atoms with Gasteiger partial charge in [0.15, 0.2) is 0 Å². The third kappa shape index (κ3) is 7.38. The summed E-state index contributed by atoms with van der Waals surface area (Å²) < 4.78 is 14.4. The van der Waals surface area contributed by atoms with E-state index >= 15 is 0 Å². The smallest absolute Gasteiger partial charge is 0.339 e. The van der Waals surface area contributed by atoms with Crippen molar-refractivity contribution >= 4 is 52.7 Å². The summed E-state index contributed by atoms with van der Waals surface area (Å²) in [6.45, 7) is 0. The maximum Gasteiger partial charge on any atom is 0.339 e. The van der Waals surface area contributed by atoms with E-state index in [-0.39, 0.29) is 50.4 Å². The molecule has 4 aromatic carbocycles. The van der Waals surface area contributed by atoms with Gasteiger partial charge in [-0.2, -0.15) is 0 Å². The second kappa shape index (κ2) is 14.2. The summed E-state index contributed by atoms with van der Waals surface area (Å²) in [5.41, 5.74) is 0.301. The van der Waals surface area contributed by atoms with Crippen molar-refractivity contribution in [2.45, 2.75) is 0 Å². The molecule has 0 saturated heterocycles. The van der Waals surface area contributed by atoms with Crippen molar-refractivity contribution in [2.24, 2.45) is 0 Å². The summed E-state index contributed by atoms with van der Waals surface area (Å²) in [5, 5.41) is 7.83. The molecule has 4 aromatic rings. The molecule has 45 heavy (non-hydrogen) atoms. The predicted octanol–water partition coefficient (Wildman–Crippen LogP) is 4.80. The van der Waals surface area contributed by atoms with Gasteiger partial charge in [-0.3, -0.25) is 14.4 Å². The monoisotopic (exact) mass is 609 g/mol. The standard InChI is InChI=1S/C33H27N3O9/c1-43-31(40)22-10-4-7-13-25(22)34-28(37)19-16-20(29(38)35-26-14-8-5-11-23(26)32(41)44-2)18-21(17-19)30(39)36-27-15-9-6-12-24(27)33(42)45-3/h4-18H,1-3H3,(H,34,37)(H,35,38)(H,36,39). The summed E-state index contributed by atoms with van der Waals surface area (Å²) in [7, 11) is 3.60.